The van der Waals surface area contributed by atoms with Gasteiger partial charge in [0, 0.05) is 23.8 Å². The van der Waals surface area contributed by atoms with Crippen molar-refractivity contribution in [1.29, 1.82) is 0 Å². The molecular weight excluding hydrogens is 246 g/mol. The molecule has 0 aliphatic heterocycles. The number of rotatable bonds is 3. The summed E-state index contributed by atoms with van der Waals surface area (Å²) in [6, 6.07) is 9.60. The van der Waals surface area contributed by atoms with Gasteiger partial charge in [0.05, 0.1) is 0 Å². The standard InChI is InChI=1S/C13H11N3OS/c14-7-9-5-6-15-8-12(9)18-13-16-10-3-1-2-4-11(10)17-13/h1-6,8H,7,14H2. The molecule has 0 amide bonds. The van der Waals surface area contributed by atoms with Crippen LogP contribution in [-0.2, 0) is 6.54 Å². The minimum Gasteiger partial charge on any atom is -0.431 e. The smallest absolute Gasteiger partial charge is 0.261 e. The molecule has 3 aromatic rings. The number of hydrogen-bond donors (Lipinski definition) is 1. The zero-order valence-electron chi connectivity index (χ0n) is 9.54. The van der Waals surface area contributed by atoms with Gasteiger partial charge in [-0.25, -0.2) is 4.98 Å². The number of hydrogen-bond acceptors (Lipinski definition) is 5. The van der Waals surface area contributed by atoms with Crippen molar-refractivity contribution in [1.82, 2.24) is 9.97 Å². The number of nitrogens with zero attached hydrogens (tertiary/aromatic N) is 2. The number of aromatic nitrogens is 2. The lowest BCUT2D eigenvalue weighted by molar-refractivity contribution is 0.489. The second kappa shape index (κ2) is 4.80. The normalized spacial score (nSPS) is 10.9. The van der Waals surface area contributed by atoms with Crippen molar-refractivity contribution in [3.8, 4) is 0 Å². The van der Waals surface area contributed by atoms with Gasteiger partial charge < -0.3 is 10.2 Å². The van der Waals surface area contributed by atoms with Crippen molar-refractivity contribution in [3.05, 3.63) is 48.3 Å². The summed E-state index contributed by atoms with van der Waals surface area (Å²) < 4.78 is 5.65. The van der Waals surface area contributed by atoms with Gasteiger partial charge in [0.1, 0.15) is 5.52 Å². The molecule has 0 bridgehead atoms. The molecule has 0 spiro atoms. The predicted molar refractivity (Wildman–Crippen MR) is 70.3 cm³/mol. The zero-order valence-corrected chi connectivity index (χ0v) is 10.4. The van der Waals surface area contributed by atoms with Gasteiger partial charge in [-0.2, -0.15) is 0 Å². The van der Waals surface area contributed by atoms with E-state index in [1.165, 1.54) is 11.8 Å². The van der Waals surface area contributed by atoms with Crippen LogP contribution in [0.4, 0.5) is 0 Å². The van der Waals surface area contributed by atoms with E-state index in [1.54, 1.807) is 12.4 Å². The van der Waals surface area contributed by atoms with Gasteiger partial charge in [0.25, 0.3) is 5.22 Å². The third-order valence-electron chi connectivity index (χ3n) is 2.56. The first kappa shape index (κ1) is 11.3. The summed E-state index contributed by atoms with van der Waals surface area (Å²) in [4.78, 5) is 9.49. The van der Waals surface area contributed by atoms with E-state index in [0.29, 0.717) is 11.8 Å². The van der Waals surface area contributed by atoms with E-state index < -0.39 is 0 Å². The van der Waals surface area contributed by atoms with Crippen LogP contribution in [0.1, 0.15) is 5.56 Å². The van der Waals surface area contributed by atoms with Crippen molar-refractivity contribution in [3.63, 3.8) is 0 Å². The minimum atomic E-state index is 0.477. The highest BCUT2D eigenvalue weighted by Gasteiger charge is 2.09. The second-order valence-corrected chi connectivity index (χ2v) is 4.73. The van der Waals surface area contributed by atoms with E-state index in [2.05, 4.69) is 9.97 Å². The highest BCUT2D eigenvalue weighted by molar-refractivity contribution is 7.99. The Morgan fingerprint density at radius 1 is 1.22 bits per heavy atom. The summed E-state index contributed by atoms with van der Waals surface area (Å²) in [6.45, 7) is 0.477. The number of nitrogens with two attached hydrogens (primary N) is 1. The molecule has 90 valence electrons. The Morgan fingerprint density at radius 2 is 2.11 bits per heavy atom. The van der Waals surface area contributed by atoms with Crippen molar-refractivity contribution in [2.24, 2.45) is 5.73 Å². The van der Waals surface area contributed by atoms with Gasteiger partial charge >= 0.3 is 0 Å². The Kier molecular flexibility index (Phi) is 3.00. The predicted octanol–water partition coefficient (Wildman–Crippen LogP) is 2.83. The topological polar surface area (TPSA) is 64.9 Å². The maximum Gasteiger partial charge on any atom is 0.261 e. The van der Waals surface area contributed by atoms with E-state index in [0.717, 1.165) is 21.6 Å². The summed E-state index contributed by atoms with van der Waals surface area (Å²) >= 11 is 1.44. The van der Waals surface area contributed by atoms with Crippen LogP contribution in [0.5, 0.6) is 0 Å². The molecule has 0 aliphatic rings. The number of oxazole rings is 1. The quantitative estimate of drug-likeness (QED) is 0.781. The Bertz CT molecular complexity index is 648. The SMILES string of the molecule is NCc1ccncc1Sc1nc2ccccc2o1. The van der Waals surface area contributed by atoms with Gasteiger partial charge in [-0.1, -0.05) is 12.1 Å². The molecule has 2 aromatic heterocycles. The number of fused-ring (bicyclic) bond motifs is 1. The van der Waals surface area contributed by atoms with Crippen LogP contribution in [0.15, 0.2) is 57.3 Å². The van der Waals surface area contributed by atoms with Crippen LogP contribution in [0.3, 0.4) is 0 Å². The number of para-hydroxylation sites is 2. The Balaban J connectivity index is 1.96. The largest absolute Gasteiger partial charge is 0.431 e. The molecule has 3 rings (SSSR count). The summed E-state index contributed by atoms with van der Waals surface area (Å²) in [7, 11) is 0. The lowest BCUT2D eigenvalue weighted by Gasteiger charge is -2.02. The van der Waals surface area contributed by atoms with Crippen molar-refractivity contribution in [2.75, 3.05) is 0 Å². The van der Waals surface area contributed by atoms with Gasteiger partial charge in [-0.05, 0) is 35.5 Å². The van der Waals surface area contributed by atoms with Gasteiger partial charge in [-0.3, -0.25) is 4.98 Å². The minimum absolute atomic E-state index is 0.477. The fraction of sp³-hybridized carbons (Fsp3) is 0.0769. The first-order valence-electron chi connectivity index (χ1n) is 5.53. The first-order valence-corrected chi connectivity index (χ1v) is 6.35. The van der Waals surface area contributed by atoms with Crippen LogP contribution in [0, 0.1) is 0 Å². The van der Waals surface area contributed by atoms with Crippen LogP contribution in [0.25, 0.3) is 11.1 Å². The molecule has 0 atom stereocenters. The van der Waals surface area contributed by atoms with Gasteiger partial charge in [-0.15, -0.1) is 0 Å². The third kappa shape index (κ3) is 2.10. The maximum atomic E-state index is 5.69. The summed E-state index contributed by atoms with van der Waals surface area (Å²) in [5.41, 5.74) is 8.38. The molecule has 1 aromatic carbocycles. The molecule has 2 N–H and O–H groups in total. The van der Waals surface area contributed by atoms with E-state index >= 15 is 0 Å². The van der Waals surface area contributed by atoms with Crippen LogP contribution >= 0.6 is 11.8 Å². The Morgan fingerprint density at radius 3 is 2.94 bits per heavy atom. The van der Waals surface area contributed by atoms with Crippen LogP contribution in [-0.4, -0.2) is 9.97 Å². The van der Waals surface area contributed by atoms with E-state index in [-0.39, 0.29) is 0 Å². The van der Waals surface area contributed by atoms with E-state index in [1.807, 2.05) is 30.3 Å². The zero-order chi connectivity index (χ0) is 12.4. The Hall–Kier alpha value is -1.85. The van der Waals surface area contributed by atoms with Crippen molar-refractivity contribution >= 4 is 22.9 Å². The van der Waals surface area contributed by atoms with E-state index in [4.69, 9.17) is 10.2 Å². The summed E-state index contributed by atoms with van der Waals surface area (Å²) in [6.07, 6.45) is 3.51. The third-order valence-corrected chi connectivity index (χ3v) is 3.50. The first-order chi connectivity index (χ1) is 8.86. The molecule has 0 saturated heterocycles. The van der Waals surface area contributed by atoms with Crippen molar-refractivity contribution in [2.45, 2.75) is 16.7 Å². The average Bonchev–Trinajstić information content (AvgIpc) is 2.81. The molecule has 0 saturated carbocycles. The highest BCUT2D eigenvalue weighted by Crippen LogP contribution is 2.31. The molecule has 0 radical (unpaired) electrons. The van der Waals surface area contributed by atoms with Crippen LogP contribution < -0.4 is 5.73 Å². The van der Waals surface area contributed by atoms with Crippen molar-refractivity contribution < 1.29 is 4.42 Å². The molecule has 0 unspecified atom stereocenters. The number of pyridine rings is 1. The lowest BCUT2D eigenvalue weighted by atomic mass is 10.3. The molecule has 5 heteroatoms. The lowest BCUT2D eigenvalue weighted by Crippen LogP contribution is -1.98. The molecule has 2 heterocycles. The molecule has 4 nitrogen and oxygen atoms in total. The molecular formula is C13H11N3OS. The highest BCUT2D eigenvalue weighted by atomic mass is 32.2. The fourth-order valence-electron chi connectivity index (χ4n) is 1.66. The summed E-state index contributed by atoms with van der Waals surface area (Å²) in [5, 5.41) is 0.610. The Labute approximate surface area is 108 Å². The fourth-order valence-corrected chi connectivity index (χ4v) is 2.52. The molecule has 0 fully saturated rings. The van der Waals surface area contributed by atoms with Gasteiger partial charge in [0.2, 0.25) is 0 Å². The van der Waals surface area contributed by atoms with E-state index in [9.17, 15) is 0 Å². The maximum absolute atomic E-state index is 5.69. The molecule has 18 heavy (non-hydrogen) atoms. The average molecular weight is 257 g/mol. The monoisotopic (exact) mass is 257 g/mol. The number of benzene rings is 1. The summed E-state index contributed by atoms with van der Waals surface area (Å²) in [5.74, 6) is 0. The van der Waals surface area contributed by atoms with Crippen LogP contribution in [0.2, 0.25) is 0 Å². The van der Waals surface area contributed by atoms with Gasteiger partial charge in [0.15, 0.2) is 5.58 Å². The molecule has 0 aliphatic carbocycles. The second-order valence-electron chi connectivity index (χ2n) is 3.74.